The van der Waals surface area contributed by atoms with E-state index in [-0.39, 0.29) is 11.4 Å². The van der Waals surface area contributed by atoms with E-state index in [2.05, 4.69) is 5.32 Å². The molecule has 2 bridgehead atoms. The zero-order chi connectivity index (χ0) is 9.81. The Balaban J connectivity index is 1.55. The number of nitrogens with one attached hydrogen (secondary N) is 1. The van der Waals surface area contributed by atoms with E-state index >= 15 is 0 Å². The fourth-order valence-corrected chi connectivity index (χ4v) is 3.84. The molecule has 4 rings (SSSR count). The fourth-order valence-electron chi connectivity index (χ4n) is 3.84. The van der Waals surface area contributed by atoms with Gasteiger partial charge in [-0.1, -0.05) is 13.3 Å². The summed E-state index contributed by atoms with van der Waals surface area (Å²) >= 11 is 0. The molecule has 0 heterocycles. The minimum atomic E-state index is 0.243. The van der Waals surface area contributed by atoms with Crippen LogP contribution in [0, 0.1) is 11.3 Å². The first-order valence-electron chi connectivity index (χ1n) is 5.99. The summed E-state index contributed by atoms with van der Waals surface area (Å²) in [4.78, 5) is 11.3. The number of amides is 1. The lowest BCUT2D eigenvalue weighted by Gasteiger charge is -2.74. The average Bonchev–Trinajstić information content (AvgIpc) is 1.94. The highest BCUT2D eigenvalue weighted by atomic mass is 16.1. The van der Waals surface area contributed by atoms with Crippen molar-refractivity contribution in [3.63, 3.8) is 0 Å². The van der Waals surface area contributed by atoms with Crippen LogP contribution in [0.1, 0.15) is 51.9 Å². The van der Waals surface area contributed by atoms with E-state index in [1.807, 2.05) is 6.92 Å². The molecule has 0 aromatic rings. The Labute approximate surface area is 85.4 Å². The summed E-state index contributed by atoms with van der Waals surface area (Å²) in [5, 5.41) is 3.20. The largest absolute Gasteiger partial charge is 0.351 e. The molecule has 1 amide bonds. The van der Waals surface area contributed by atoms with Gasteiger partial charge in [-0.25, -0.2) is 0 Å². The lowest BCUT2D eigenvalue weighted by atomic mass is 9.33. The molecule has 0 atom stereocenters. The van der Waals surface area contributed by atoms with Gasteiger partial charge in [0.05, 0.1) is 0 Å². The van der Waals surface area contributed by atoms with Crippen LogP contribution in [0.3, 0.4) is 0 Å². The van der Waals surface area contributed by atoms with Crippen molar-refractivity contribution in [1.82, 2.24) is 5.32 Å². The van der Waals surface area contributed by atoms with Gasteiger partial charge in [0, 0.05) is 12.0 Å². The van der Waals surface area contributed by atoms with E-state index in [0.29, 0.717) is 11.8 Å². The molecule has 2 heteroatoms. The summed E-state index contributed by atoms with van der Waals surface area (Å²) < 4.78 is 0. The molecule has 0 aromatic carbocycles. The molecule has 0 spiro atoms. The van der Waals surface area contributed by atoms with Crippen LogP contribution >= 0.6 is 0 Å². The van der Waals surface area contributed by atoms with E-state index in [9.17, 15) is 4.79 Å². The summed E-state index contributed by atoms with van der Waals surface area (Å²) in [6.45, 7) is 1.93. The fraction of sp³-hybridized carbons (Fsp3) is 0.917. The first-order valence-corrected chi connectivity index (χ1v) is 5.99. The van der Waals surface area contributed by atoms with Crippen LogP contribution < -0.4 is 5.32 Å². The Morgan fingerprint density at radius 1 is 1.36 bits per heavy atom. The van der Waals surface area contributed by atoms with Crippen LogP contribution in [0.4, 0.5) is 0 Å². The summed E-state index contributed by atoms with van der Waals surface area (Å²) in [7, 11) is 0. The van der Waals surface area contributed by atoms with Crippen molar-refractivity contribution >= 4 is 5.91 Å². The minimum Gasteiger partial charge on any atom is -0.351 e. The molecular weight excluding hydrogens is 174 g/mol. The molecule has 0 saturated heterocycles. The first kappa shape index (κ1) is 8.75. The number of rotatable bonds is 3. The van der Waals surface area contributed by atoms with Crippen LogP contribution in [0.2, 0.25) is 0 Å². The normalized spacial score (nSPS) is 44.6. The maximum absolute atomic E-state index is 11.3. The van der Waals surface area contributed by atoms with Crippen LogP contribution in [0.15, 0.2) is 0 Å². The Morgan fingerprint density at radius 3 is 2.43 bits per heavy atom. The van der Waals surface area contributed by atoms with Gasteiger partial charge in [-0.15, -0.1) is 0 Å². The number of carbonyl (C=O) groups is 1. The lowest BCUT2D eigenvalue weighted by Crippen LogP contribution is -2.77. The summed E-state index contributed by atoms with van der Waals surface area (Å²) in [5.74, 6) is 1.26. The first-order chi connectivity index (χ1) is 6.68. The molecule has 14 heavy (non-hydrogen) atoms. The van der Waals surface area contributed by atoms with Crippen molar-refractivity contribution in [3.05, 3.63) is 0 Å². The summed E-state index contributed by atoms with van der Waals surface area (Å²) in [5.41, 5.74) is 0.960. The van der Waals surface area contributed by atoms with Gasteiger partial charge in [0.2, 0.25) is 5.91 Å². The summed E-state index contributed by atoms with van der Waals surface area (Å²) in [6.07, 6.45) is 8.86. The molecule has 4 saturated carbocycles. The zero-order valence-corrected chi connectivity index (χ0v) is 8.94. The lowest BCUT2D eigenvalue weighted by molar-refractivity contribution is -0.207. The van der Waals surface area contributed by atoms with Gasteiger partial charge in [0.15, 0.2) is 0 Å². The SMILES string of the molecule is CCC(=O)NC12CC(C3CCC3)(C1)C2. The third kappa shape index (κ3) is 0.945. The Hall–Kier alpha value is -0.530. The Morgan fingerprint density at radius 2 is 2.00 bits per heavy atom. The number of hydrogen-bond acceptors (Lipinski definition) is 1. The van der Waals surface area contributed by atoms with Crippen molar-refractivity contribution in [3.8, 4) is 0 Å². The summed E-state index contributed by atoms with van der Waals surface area (Å²) in [6, 6.07) is 0. The molecular formula is C12H19NO. The van der Waals surface area contributed by atoms with Crippen LogP contribution in [-0.4, -0.2) is 11.4 Å². The second kappa shape index (κ2) is 2.53. The molecule has 1 N–H and O–H groups in total. The van der Waals surface area contributed by atoms with E-state index in [1.54, 1.807) is 0 Å². The van der Waals surface area contributed by atoms with Crippen molar-refractivity contribution in [2.45, 2.75) is 57.4 Å². The van der Waals surface area contributed by atoms with E-state index < -0.39 is 0 Å². The smallest absolute Gasteiger partial charge is 0.220 e. The van der Waals surface area contributed by atoms with Gasteiger partial charge in [0.25, 0.3) is 0 Å². The topological polar surface area (TPSA) is 29.1 Å². The predicted octanol–water partition coefficient (Wildman–Crippen LogP) is 2.24. The van der Waals surface area contributed by atoms with Gasteiger partial charge in [-0.3, -0.25) is 4.79 Å². The third-order valence-electron chi connectivity index (χ3n) is 4.77. The Bertz CT molecular complexity index is 260. The molecule has 0 radical (unpaired) electrons. The number of carbonyl (C=O) groups excluding carboxylic acids is 1. The molecule has 4 fully saturated rings. The number of hydrogen-bond donors (Lipinski definition) is 1. The van der Waals surface area contributed by atoms with Gasteiger partial charge < -0.3 is 5.32 Å². The van der Waals surface area contributed by atoms with E-state index in [4.69, 9.17) is 0 Å². The molecule has 0 aromatic heterocycles. The highest BCUT2D eigenvalue weighted by Gasteiger charge is 2.71. The second-order valence-corrected chi connectivity index (χ2v) is 5.70. The highest BCUT2D eigenvalue weighted by Crippen LogP contribution is 2.73. The van der Waals surface area contributed by atoms with Crippen LogP contribution in [-0.2, 0) is 4.79 Å². The third-order valence-corrected chi connectivity index (χ3v) is 4.77. The molecule has 4 aliphatic rings. The maximum Gasteiger partial charge on any atom is 0.220 e. The second-order valence-electron chi connectivity index (χ2n) is 5.70. The monoisotopic (exact) mass is 193 g/mol. The van der Waals surface area contributed by atoms with Gasteiger partial charge in [0.1, 0.15) is 0 Å². The van der Waals surface area contributed by atoms with Crippen LogP contribution in [0.5, 0.6) is 0 Å². The van der Waals surface area contributed by atoms with Crippen molar-refractivity contribution in [1.29, 1.82) is 0 Å². The average molecular weight is 193 g/mol. The molecule has 4 aliphatic carbocycles. The van der Waals surface area contributed by atoms with Crippen molar-refractivity contribution in [2.75, 3.05) is 0 Å². The van der Waals surface area contributed by atoms with E-state index in [1.165, 1.54) is 38.5 Å². The molecule has 2 nitrogen and oxygen atoms in total. The van der Waals surface area contributed by atoms with Crippen molar-refractivity contribution < 1.29 is 4.79 Å². The Kier molecular flexibility index (Phi) is 1.58. The minimum absolute atomic E-state index is 0.243. The standard InChI is InChI=1S/C12H19NO/c1-2-10(14)13-12-6-11(7-12,8-12)9-4-3-5-9/h9H,2-8H2,1H3,(H,13,14). The zero-order valence-electron chi connectivity index (χ0n) is 8.94. The van der Waals surface area contributed by atoms with Gasteiger partial charge >= 0.3 is 0 Å². The van der Waals surface area contributed by atoms with Crippen molar-refractivity contribution in [2.24, 2.45) is 11.3 Å². The predicted molar refractivity (Wildman–Crippen MR) is 54.8 cm³/mol. The van der Waals surface area contributed by atoms with Gasteiger partial charge in [-0.2, -0.15) is 0 Å². The van der Waals surface area contributed by atoms with Gasteiger partial charge in [-0.05, 0) is 43.4 Å². The molecule has 0 unspecified atom stereocenters. The highest BCUT2D eigenvalue weighted by molar-refractivity contribution is 5.77. The quantitative estimate of drug-likeness (QED) is 0.731. The maximum atomic E-state index is 11.3. The van der Waals surface area contributed by atoms with E-state index in [0.717, 1.165) is 5.92 Å². The molecule has 0 aliphatic heterocycles. The molecule has 78 valence electrons. The van der Waals surface area contributed by atoms with Crippen LogP contribution in [0.25, 0.3) is 0 Å².